The molecule has 3 rings (SSSR count). The molecule has 5 nitrogen and oxygen atoms in total. The molecule has 0 saturated carbocycles. The first-order chi connectivity index (χ1) is 13.2. The fraction of sp³-hybridized carbons (Fsp3) is 0.250. The lowest BCUT2D eigenvalue weighted by Crippen LogP contribution is -2.40. The van der Waals surface area contributed by atoms with Crippen LogP contribution in [0.2, 0.25) is 0 Å². The van der Waals surface area contributed by atoms with E-state index < -0.39 is 16.3 Å². The van der Waals surface area contributed by atoms with Crippen LogP contribution in [0.1, 0.15) is 26.3 Å². The minimum absolute atomic E-state index is 0.0368. The van der Waals surface area contributed by atoms with Crippen molar-refractivity contribution in [3.05, 3.63) is 76.7 Å². The largest absolute Gasteiger partial charge is 0.317 e. The number of nitrogens with zero attached hydrogens (tertiary/aromatic N) is 2. The first-order valence-electron chi connectivity index (χ1n) is 8.73. The number of hydrogen-bond acceptors (Lipinski definition) is 5. The second-order valence-corrected chi connectivity index (χ2v) is 8.54. The van der Waals surface area contributed by atoms with E-state index in [1.165, 1.54) is 29.3 Å². The molecule has 2 aromatic carbocycles. The van der Waals surface area contributed by atoms with Crippen molar-refractivity contribution in [2.75, 3.05) is 0 Å². The van der Waals surface area contributed by atoms with Crippen molar-refractivity contribution < 1.29 is 17.1 Å². The summed E-state index contributed by atoms with van der Waals surface area (Å²) in [6, 6.07) is 13.7. The van der Waals surface area contributed by atoms with Crippen LogP contribution in [0.15, 0.2) is 75.2 Å². The Balaban J connectivity index is 2.01. The topological polar surface area (TPSA) is 59.0 Å². The molecule has 0 bridgehead atoms. The highest BCUT2D eigenvalue weighted by Crippen LogP contribution is 2.34. The molecule has 1 aliphatic rings. The van der Waals surface area contributed by atoms with Crippen LogP contribution >= 0.6 is 11.6 Å². The second-order valence-electron chi connectivity index (χ2n) is 6.64. The zero-order chi connectivity index (χ0) is 20.5. The highest BCUT2D eigenvalue weighted by atomic mass is 35.5. The van der Waals surface area contributed by atoms with Crippen molar-refractivity contribution in [1.29, 1.82) is 0 Å². The molecular weight excluding hydrogens is 403 g/mol. The van der Waals surface area contributed by atoms with Gasteiger partial charge in [-0.05, 0) is 49.2 Å². The SMILES string of the molecule is CC(C)C1=C(Cl)C(c2ccc(F)cc2)=NC(C)N1OS(=O)(=O)c1ccccc1. The number of halogens is 2. The highest BCUT2D eigenvalue weighted by Gasteiger charge is 2.34. The van der Waals surface area contributed by atoms with E-state index in [9.17, 15) is 12.8 Å². The van der Waals surface area contributed by atoms with Crippen molar-refractivity contribution in [2.24, 2.45) is 10.9 Å². The number of benzene rings is 2. The Hall–Kier alpha value is -2.22. The standard InChI is InChI=1S/C20H20ClFN2O3S/c1-13(2)20-18(21)19(15-9-11-16(22)12-10-15)23-14(3)24(20)27-28(25,26)17-7-5-4-6-8-17/h4-14H,1-3H3. The Bertz CT molecular complexity index is 1020. The molecule has 2 aromatic rings. The Morgan fingerprint density at radius 3 is 2.29 bits per heavy atom. The Kier molecular flexibility index (Phi) is 5.88. The first-order valence-corrected chi connectivity index (χ1v) is 10.5. The maximum atomic E-state index is 13.3. The third kappa shape index (κ3) is 4.11. The number of allylic oxidation sites excluding steroid dienone is 2. The summed E-state index contributed by atoms with van der Waals surface area (Å²) in [5.74, 6) is -0.511. The third-order valence-corrected chi connectivity index (χ3v) is 5.78. The minimum atomic E-state index is -4.06. The summed E-state index contributed by atoms with van der Waals surface area (Å²) >= 11 is 6.59. The van der Waals surface area contributed by atoms with Gasteiger partial charge in [-0.3, -0.25) is 4.99 Å². The van der Waals surface area contributed by atoms with E-state index in [2.05, 4.69) is 4.99 Å². The van der Waals surface area contributed by atoms with E-state index in [0.29, 0.717) is 17.0 Å². The highest BCUT2D eigenvalue weighted by molar-refractivity contribution is 7.86. The Morgan fingerprint density at radius 1 is 1.11 bits per heavy atom. The Morgan fingerprint density at radius 2 is 1.71 bits per heavy atom. The van der Waals surface area contributed by atoms with E-state index >= 15 is 0 Å². The molecule has 1 unspecified atom stereocenters. The van der Waals surface area contributed by atoms with Crippen LogP contribution in [0.5, 0.6) is 0 Å². The van der Waals surface area contributed by atoms with Gasteiger partial charge in [-0.25, -0.2) is 9.45 Å². The molecule has 0 amide bonds. The molecule has 0 spiro atoms. The van der Waals surface area contributed by atoms with E-state index in [4.69, 9.17) is 15.9 Å². The third-order valence-electron chi connectivity index (χ3n) is 4.20. The first kappa shape index (κ1) is 20.5. The van der Waals surface area contributed by atoms with E-state index in [1.54, 1.807) is 37.3 Å². The molecule has 0 aromatic heterocycles. The lowest BCUT2D eigenvalue weighted by atomic mass is 10.0. The van der Waals surface area contributed by atoms with Gasteiger partial charge < -0.3 is 0 Å². The van der Waals surface area contributed by atoms with Crippen LogP contribution in [0.4, 0.5) is 4.39 Å². The van der Waals surface area contributed by atoms with Gasteiger partial charge in [0.05, 0.1) is 21.3 Å². The molecule has 8 heteroatoms. The summed E-state index contributed by atoms with van der Waals surface area (Å²) in [6.07, 6.45) is -0.654. The normalized spacial score (nSPS) is 17.9. The van der Waals surface area contributed by atoms with Crippen molar-refractivity contribution >= 4 is 27.4 Å². The molecule has 1 heterocycles. The fourth-order valence-corrected chi connectivity index (χ4v) is 4.32. The van der Waals surface area contributed by atoms with Gasteiger partial charge in [-0.1, -0.05) is 43.6 Å². The molecule has 0 N–H and O–H groups in total. The maximum absolute atomic E-state index is 13.3. The summed E-state index contributed by atoms with van der Waals surface area (Å²) in [5, 5.41) is 1.49. The van der Waals surface area contributed by atoms with Crippen molar-refractivity contribution in [2.45, 2.75) is 31.8 Å². The smallest absolute Gasteiger partial charge is 0.256 e. The molecule has 0 aliphatic carbocycles. The summed E-state index contributed by atoms with van der Waals surface area (Å²) in [5.41, 5.74) is 1.60. The summed E-state index contributed by atoms with van der Waals surface area (Å²) in [4.78, 5) is 4.53. The molecule has 0 radical (unpaired) electrons. The average molecular weight is 423 g/mol. The predicted molar refractivity (Wildman–Crippen MR) is 107 cm³/mol. The zero-order valence-corrected chi connectivity index (χ0v) is 17.2. The van der Waals surface area contributed by atoms with Gasteiger partial charge in [0.15, 0.2) is 0 Å². The van der Waals surface area contributed by atoms with Crippen LogP contribution in [-0.2, 0) is 14.4 Å². The quantitative estimate of drug-likeness (QED) is 0.700. The molecule has 148 valence electrons. The second kappa shape index (κ2) is 8.03. The molecule has 1 atom stereocenters. The van der Waals surface area contributed by atoms with Crippen molar-refractivity contribution in [3.63, 3.8) is 0 Å². The van der Waals surface area contributed by atoms with E-state index in [-0.39, 0.29) is 21.7 Å². The van der Waals surface area contributed by atoms with Crippen LogP contribution in [0.25, 0.3) is 0 Å². The van der Waals surface area contributed by atoms with Crippen molar-refractivity contribution in [1.82, 2.24) is 5.06 Å². The summed E-state index contributed by atoms with van der Waals surface area (Å²) in [7, 11) is -4.06. The van der Waals surface area contributed by atoms with Gasteiger partial charge >= 0.3 is 10.1 Å². The van der Waals surface area contributed by atoms with Crippen LogP contribution in [0, 0.1) is 11.7 Å². The molecule has 28 heavy (non-hydrogen) atoms. The van der Waals surface area contributed by atoms with Crippen LogP contribution < -0.4 is 0 Å². The molecular formula is C20H20ClFN2O3S. The lowest BCUT2D eigenvalue weighted by Gasteiger charge is -2.35. The molecule has 1 aliphatic heterocycles. The number of hydrogen-bond donors (Lipinski definition) is 0. The van der Waals surface area contributed by atoms with Gasteiger partial charge in [0.1, 0.15) is 12.0 Å². The fourth-order valence-electron chi connectivity index (χ4n) is 2.87. The zero-order valence-electron chi connectivity index (χ0n) is 15.6. The van der Waals surface area contributed by atoms with Gasteiger partial charge in [-0.2, -0.15) is 8.42 Å². The number of rotatable bonds is 5. The maximum Gasteiger partial charge on any atom is 0.317 e. The number of hydroxylamine groups is 2. The minimum Gasteiger partial charge on any atom is -0.256 e. The van der Waals surface area contributed by atoms with E-state index in [1.807, 2.05) is 13.8 Å². The summed E-state index contributed by atoms with van der Waals surface area (Å²) < 4.78 is 44.1. The van der Waals surface area contributed by atoms with Gasteiger partial charge in [0.2, 0.25) is 0 Å². The van der Waals surface area contributed by atoms with Crippen molar-refractivity contribution in [3.8, 4) is 0 Å². The molecule has 0 saturated heterocycles. The van der Waals surface area contributed by atoms with E-state index in [0.717, 1.165) is 0 Å². The van der Waals surface area contributed by atoms with Crippen LogP contribution in [-0.4, -0.2) is 25.4 Å². The number of aliphatic imine (C=N–C) groups is 1. The van der Waals surface area contributed by atoms with Gasteiger partial charge in [0, 0.05) is 5.56 Å². The van der Waals surface area contributed by atoms with Gasteiger partial charge in [0.25, 0.3) is 0 Å². The predicted octanol–water partition coefficient (Wildman–Crippen LogP) is 4.70. The monoisotopic (exact) mass is 422 g/mol. The Labute approximate surface area is 169 Å². The molecule has 0 fully saturated rings. The average Bonchev–Trinajstić information content (AvgIpc) is 2.65. The summed E-state index contributed by atoms with van der Waals surface area (Å²) in [6.45, 7) is 5.46. The van der Waals surface area contributed by atoms with Crippen LogP contribution in [0.3, 0.4) is 0 Å². The lowest BCUT2D eigenvalue weighted by molar-refractivity contribution is -0.0562. The van der Waals surface area contributed by atoms with Gasteiger partial charge in [-0.15, -0.1) is 4.28 Å².